The van der Waals surface area contributed by atoms with Crippen LogP contribution in [0.5, 0.6) is 5.75 Å². The van der Waals surface area contributed by atoms with Crippen LogP contribution in [0, 0.1) is 5.82 Å². The van der Waals surface area contributed by atoms with E-state index in [0.717, 1.165) is 10.5 Å². The van der Waals surface area contributed by atoms with Crippen molar-refractivity contribution in [3.8, 4) is 5.75 Å². The van der Waals surface area contributed by atoms with Gasteiger partial charge >= 0.3 is 6.03 Å². The zero-order valence-corrected chi connectivity index (χ0v) is 18.6. The van der Waals surface area contributed by atoms with E-state index < -0.39 is 17.8 Å². The highest BCUT2D eigenvalue weighted by Crippen LogP contribution is 2.36. The van der Waals surface area contributed by atoms with Gasteiger partial charge in [0.1, 0.15) is 23.7 Å². The second-order valence-electron chi connectivity index (χ2n) is 6.25. The van der Waals surface area contributed by atoms with Gasteiger partial charge in [-0.05, 0) is 73.3 Å². The Morgan fingerprint density at radius 3 is 2.33 bits per heavy atom. The van der Waals surface area contributed by atoms with Gasteiger partial charge in [0.15, 0.2) is 0 Å². The number of hydrogen-bond acceptors (Lipinski definition) is 4. The maximum absolute atomic E-state index is 13.0. The van der Waals surface area contributed by atoms with Crippen molar-refractivity contribution in [2.75, 3.05) is 6.54 Å². The Kier molecular flexibility index (Phi) is 6.84. The van der Waals surface area contributed by atoms with Crippen LogP contribution < -0.4 is 10.1 Å². The predicted molar refractivity (Wildman–Crippen MR) is 116 cm³/mol. The molecule has 3 rings (SSSR count). The fraction of sp³-hybridized carbons (Fsp3) is 0.0952. The van der Waals surface area contributed by atoms with Crippen molar-refractivity contribution in [3.63, 3.8) is 0 Å². The van der Waals surface area contributed by atoms with Crippen molar-refractivity contribution in [3.05, 3.63) is 80.5 Å². The Labute approximate surface area is 188 Å². The third kappa shape index (κ3) is 4.85. The first-order valence-electron chi connectivity index (χ1n) is 8.66. The first-order valence-corrected chi connectivity index (χ1v) is 10.2. The number of nitrogens with zero attached hydrogens (tertiary/aromatic N) is 1. The van der Waals surface area contributed by atoms with Crippen LogP contribution in [0.25, 0.3) is 6.08 Å². The fourth-order valence-corrected chi connectivity index (χ4v) is 4.14. The summed E-state index contributed by atoms with van der Waals surface area (Å²) < 4.78 is 20.0. The Morgan fingerprint density at radius 2 is 1.73 bits per heavy atom. The number of carbonyl (C=O) groups excluding carboxylic acids is 3. The van der Waals surface area contributed by atoms with Gasteiger partial charge in [-0.25, -0.2) is 9.18 Å². The van der Waals surface area contributed by atoms with Gasteiger partial charge in [0.25, 0.3) is 11.8 Å². The highest BCUT2D eigenvalue weighted by Gasteiger charge is 2.34. The van der Waals surface area contributed by atoms with Crippen molar-refractivity contribution in [1.82, 2.24) is 10.2 Å². The first-order chi connectivity index (χ1) is 14.3. The summed E-state index contributed by atoms with van der Waals surface area (Å²) in [6.45, 7) is 3.71. The molecule has 4 amide bonds. The van der Waals surface area contributed by atoms with Crippen molar-refractivity contribution < 1.29 is 23.5 Å². The number of barbiturate groups is 1. The lowest BCUT2D eigenvalue weighted by Gasteiger charge is -2.25. The van der Waals surface area contributed by atoms with Crippen LogP contribution in [0.3, 0.4) is 0 Å². The molecule has 1 aliphatic rings. The summed E-state index contributed by atoms with van der Waals surface area (Å²) in [5, 5.41) is 2.13. The number of nitrogens with one attached hydrogen (secondary N) is 1. The average Bonchev–Trinajstić information content (AvgIpc) is 2.69. The summed E-state index contributed by atoms with van der Waals surface area (Å²) >= 11 is 6.83. The monoisotopic (exact) mass is 536 g/mol. The lowest BCUT2D eigenvalue weighted by Crippen LogP contribution is -2.54. The smallest absolute Gasteiger partial charge is 0.331 e. The third-order valence-electron chi connectivity index (χ3n) is 4.13. The summed E-state index contributed by atoms with van der Waals surface area (Å²) in [7, 11) is 0. The van der Waals surface area contributed by atoms with Crippen LogP contribution in [0.15, 0.2) is 63.6 Å². The lowest BCUT2D eigenvalue weighted by atomic mass is 10.1. The van der Waals surface area contributed by atoms with Gasteiger partial charge in [0, 0.05) is 6.54 Å². The van der Waals surface area contributed by atoms with Crippen LogP contribution in [-0.4, -0.2) is 29.3 Å². The Balaban J connectivity index is 1.84. The molecule has 1 aliphatic heterocycles. The van der Waals surface area contributed by atoms with Crippen LogP contribution in [0.2, 0.25) is 0 Å². The van der Waals surface area contributed by atoms with E-state index in [0.29, 0.717) is 20.3 Å². The van der Waals surface area contributed by atoms with E-state index in [9.17, 15) is 18.8 Å². The van der Waals surface area contributed by atoms with Crippen LogP contribution in [0.1, 0.15) is 11.1 Å². The van der Waals surface area contributed by atoms with Gasteiger partial charge in [0.2, 0.25) is 0 Å². The first kappa shape index (κ1) is 21.9. The number of benzene rings is 2. The van der Waals surface area contributed by atoms with E-state index in [1.54, 1.807) is 24.3 Å². The molecule has 0 spiro atoms. The van der Waals surface area contributed by atoms with Crippen molar-refractivity contribution >= 4 is 55.8 Å². The summed E-state index contributed by atoms with van der Waals surface area (Å²) in [5.74, 6) is -1.29. The van der Waals surface area contributed by atoms with E-state index in [2.05, 4.69) is 43.8 Å². The van der Waals surface area contributed by atoms with Crippen molar-refractivity contribution in [2.24, 2.45) is 0 Å². The molecule has 154 valence electrons. The standard InChI is InChI=1S/C21H15Br2FN2O4/c1-2-7-26-20(28)15(19(27)25-21(26)29)8-13-9-16(22)18(17(23)10-13)30-11-12-3-5-14(24)6-4-12/h2-6,8-10H,1,7,11H2,(H,25,27,29)/b15-8-. The molecule has 6 nitrogen and oxygen atoms in total. The molecule has 2 aromatic rings. The quantitative estimate of drug-likeness (QED) is 0.332. The Morgan fingerprint density at radius 1 is 1.10 bits per heavy atom. The van der Waals surface area contributed by atoms with Gasteiger partial charge < -0.3 is 4.74 Å². The number of ether oxygens (including phenoxy) is 1. The number of hydrogen-bond donors (Lipinski definition) is 1. The summed E-state index contributed by atoms with van der Waals surface area (Å²) in [6.07, 6.45) is 2.78. The van der Waals surface area contributed by atoms with Crippen LogP contribution >= 0.6 is 31.9 Å². The molecule has 0 aromatic heterocycles. The zero-order valence-electron chi connectivity index (χ0n) is 15.5. The van der Waals surface area contributed by atoms with E-state index in [1.165, 1.54) is 24.3 Å². The third-order valence-corrected chi connectivity index (χ3v) is 5.30. The fourth-order valence-electron chi connectivity index (χ4n) is 2.69. The molecule has 0 aliphatic carbocycles. The maximum Gasteiger partial charge on any atom is 0.331 e. The molecule has 0 atom stereocenters. The highest BCUT2D eigenvalue weighted by molar-refractivity contribution is 9.11. The maximum atomic E-state index is 13.0. The summed E-state index contributed by atoms with van der Waals surface area (Å²) in [5.41, 5.74) is 1.15. The van der Waals surface area contributed by atoms with Gasteiger partial charge in [-0.15, -0.1) is 6.58 Å². The van der Waals surface area contributed by atoms with Crippen molar-refractivity contribution in [1.29, 1.82) is 0 Å². The van der Waals surface area contributed by atoms with Gasteiger partial charge in [-0.3, -0.25) is 19.8 Å². The van der Waals surface area contributed by atoms with Gasteiger partial charge in [-0.2, -0.15) is 0 Å². The number of imide groups is 2. The van der Waals surface area contributed by atoms with Gasteiger partial charge in [0.05, 0.1) is 8.95 Å². The minimum absolute atomic E-state index is 0.0150. The summed E-state index contributed by atoms with van der Waals surface area (Å²) in [4.78, 5) is 37.4. The van der Waals surface area contributed by atoms with Crippen LogP contribution in [-0.2, 0) is 16.2 Å². The lowest BCUT2D eigenvalue weighted by molar-refractivity contribution is -0.129. The second-order valence-corrected chi connectivity index (χ2v) is 7.96. The van der Waals surface area contributed by atoms with Gasteiger partial charge in [-0.1, -0.05) is 18.2 Å². The topological polar surface area (TPSA) is 75.7 Å². The molecule has 1 fully saturated rings. The molecule has 0 bridgehead atoms. The second kappa shape index (κ2) is 9.36. The SMILES string of the molecule is C=CCN1C(=O)NC(=O)/C(=C/c2cc(Br)c(OCc3ccc(F)cc3)c(Br)c2)C1=O. The molecule has 0 radical (unpaired) electrons. The van der Waals surface area contributed by atoms with E-state index in [1.807, 2.05) is 0 Å². The number of halogens is 3. The predicted octanol–water partition coefficient (Wildman–Crippen LogP) is 4.58. The number of amides is 4. The molecular formula is C21H15Br2FN2O4. The molecule has 0 unspecified atom stereocenters. The molecule has 30 heavy (non-hydrogen) atoms. The molecule has 0 saturated carbocycles. The minimum Gasteiger partial charge on any atom is -0.487 e. The van der Waals surface area contributed by atoms with E-state index >= 15 is 0 Å². The molecular weight excluding hydrogens is 523 g/mol. The number of rotatable bonds is 6. The van der Waals surface area contributed by atoms with E-state index in [-0.39, 0.29) is 24.5 Å². The normalized spacial score (nSPS) is 15.4. The molecule has 1 saturated heterocycles. The molecule has 9 heteroatoms. The van der Waals surface area contributed by atoms with Crippen molar-refractivity contribution in [2.45, 2.75) is 6.61 Å². The van der Waals surface area contributed by atoms with E-state index in [4.69, 9.17) is 4.74 Å². The molecule has 1 N–H and O–H groups in total. The average molecular weight is 538 g/mol. The number of carbonyl (C=O) groups is 3. The Hall–Kier alpha value is -2.78. The zero-order chi connectivity index (χ0) is 21.8. The Bertz CT molecular complexity index is 1040. The highest BCUT2D eigenvalue weighted by atomic mass is 79.9. The minimum atomic E-state index is -0.783. The molecule has 1 heterocycles. The summed E-state index contributed by atoms with van der Waals surface area (Å²) in [6, 6.07) is 8.52. The van der Waals surface area contributed by atoms with Crippen LogP contribution in [0.4, 0.5) is 9.18 Å². The molecule has 2 aromatic carbocycles. The largest absolute Gasteiger partial charge is 0.487 e. The number of urea groups is 1.